The van der Waals surface area contributed by atoms with Gasteiger partial charge in [-0.3, -0.25) is 9.79 Å². The fourth-order valence-corrected chi connectivity index (χ4v) is 5.87. The number of fused-ring (bicyclic) bond motifs is 1. The van der Waals surface area contributed by atoms with Crippen molar-refractivity contribution < 1.29 is 4.79 Å². The lowest BCUT2D eigenvalue weighted by molar-refractivity contribution is 0.0706. The standard InChI is InChI=1S/C32H33N3O/c1-21-7-9-23(10-8-21)26-18-29(34-20-26)30(17-22-5-3-2-4-6-22)35-16-15-27-28(32(35)36)14-13-25(19-33)31(27)24-11-12-24/h2-10,13-14,20,24,30H,11-12,15-19,33H2,1H3/t30-/m0/s1. The number of aliphatic imine (C=N–C) groups is 1. The first-order valence-electron chi connectivity index (χ1n) is 13.1. The molecule has 0 bridgehead atoms. The molecule has 3 aromatic rings. The first-order valence-corrected chi connectivity index (χ1v) is 13.1. The molecule has 0 spiro atoms. The van der Waals surface area contributed by atoms with Crippen LogP contribution in [-0.2, 0) is 19.4 Å². The van der Waals surface area contributed by atoms with E-state index in [1.165, 1.54) is 51.8 Å². The normalized spacial score (nSPS) is 18.1. The molecule has 1 amide bonds. The lowest BCUT2D eigenvalue weighted by Crippen LogP contribution is -2.49. The lowest BCUT2D eigenvalue weighted by Gasteiger charge is -2.37. The molecule has 2 N–H and O–H groups in total. The van der Waals surface area contributed by atoms with E-state index >= 15 is 0 Å². The summed E-state index contributed by atoms with van der Waals surface area (Å²) in [5.74, 6) is 0.715. The predicted octanol–water partition coefficient (Wildman–Crippen LogP) is 5.83. The Morgan fingerprint density at radius 1 is 1.03 bits per heavy atom. The van der Waals surface area contributed by atoms with Gasteiger partial charge in [0.05, 0.1) is 6.04 Å². The molecule has 3 aliphatic rings. The molecule has 6 rings (SSSR count). The molecule has 0 unspecified atom stereocenters. The van der Waals surface area contributed by atoms with Gasteiger partial charge in [0, 0.05) is 37.0 Å². The summed E-state index contributed by atoms with van der Waals surface area (Å²) in [6, 6.07) is 23.2. The van der Waals surface area contributed by atoms with Gasteiger partial charge >= 0.3 is 0 Å². The van der Waals surface area contributed by atoms with Crippen LogP contribution >= 0.6 is 0 Å². The highest BCUT2D eigenvalue weighted by Gasteiger charge is 2.37. The van der Waals surface area contributed by atoms with Gasteiger partial charge in [-0.15, -0.1) is 0 Å². The van der Waals surface area contributed by atoms with E-state index in [1.807, 2.05) is 18.3 Å². The average molecular weight is 476 g/mol. The number of nitrogens with zero attached hydrogens (tertiary/aromatic N) is 2. The lowest BCUT2D eigenvalue weighted by atomic mass is 9.86. The van der Waals surface area contributed by atoms with Gasteiger partial charge in [0.25, 0.3) is 5.91 Å². The summed E-state index contributed by atoms with van der Waals surface area (Å²) < 4.78 is 0. The Bertz CT molecular complexity index is 1350. The number of rotatable bonds is 7. The van der Waals surface area contributed by atoms with Crippen LogP contribution in [-0.4, -0.2) is 29.1 Å². The van der Waals surface area contributed by atoms with Gasteiger partial charge < -0.3 is 10.6 Å². The number of hydrogen-bond acceptors (Lipinski definition) is 3. The molecular weight excluding hydrogens is 442 g/mol. The smallest absolute Gasteiger partial charge is 0.254 e. The maximum Gasteiger partial charge on any atom is 0.254 e. The van der Waals surface area contributed by atoms with Crippen molar-refractivity contribution in [2.75, 3.05) is 6.54 Å². The molecule has 1 saturated carbocycles. The highest BCUT2D eigenvalue weighted by atomic mass is 16.2. The SMILES string of the molecule is Cc1ccc(C2=CN=C([C@H](Cc3ccccc3)N3CCc4c(ccc(CN)c4C4CC4)C3=O)C2)cc1. The van der Waals surface area contributed by atoms with Gasteiger partial charge in [-0.1, -0.05) is 66.2 Å². The number of amides is 1. The molecule has 36 heavy (non-hydrogen) atoms. The number of aryl methyl sites for hydroxylation is 1. The topological polar surface area (TPSA) is 58.7 Å². The van der Waals surface area contributed by atoms with E-state index in [2.05, 4.69) is 66.4 Å². The average Bonchev–Trinajstić information content (AvgIpc) is 3.63. The molecule has 1 atom stereocenters. The van der Waals surface area contributed by atoms with Crippen LogP contribution in [0.2, 0.25) is 0 Å². The predicted molar refractivity (Wildman–Crippen MR) is 146 cm³/mol. The van der Waals surface area contributed by atoms with E-state index in [9.17, 15) is 4.79 Å². The second-order valence-corrected chi connectivity index (χ2v) is 10.4. The molecule has 2 aliphatic heterocycles. The summed E-state index contributed by atoms with van der Waals surface area (Å²) in [4.78, 5) is 21.0. The first kappa shape index (κ1) is 22.9. The van der Waals surface area contributed by atoms with Crippen LogP contribution in [0.25, 0.3) is 5.57 Å². The molecule has 0 radical (unpaired) electrons. The summed E-state index contributed by atoms with van der Waals surface area (Å²) in [7, 11) is 0. The fourth-order valence-electron chi connectivity index (χ4n) is 5.87. The molecule has 1 aliphatic carbocycles. The number of benzene rings is 3. The Hall–Kier alpha value is -3.50. The summed E-state index contributed by atoms with van der Waals surface area (Å²) in [5.41, 5.74) is 16.7. The van der Waals surface area contributed by atoms with Crippen molar-refractivity contribution in [3.63, 3.8) is 0 Å². The zero-order valence-corrected chi connectivity index (χ0v) is 20.9. The minimum atomic E-state index is -0.0641. The summed E-state index contributed by atoms with van der Waals surface area (Å²) in [6.07, 6.45) is 6.85. The highest BCUT2D eigenvalue weighted by Crippen LogP contribution is 2.45. The van der Waals surface area contributed by atoms with Crippen LogP contribution in [0.5, 0.6) is 0 Å². The fraction of sp³-hybridized carbons (Fsp3) is 0.312. The molecule has 1 fully saturated rings. The van der Waals surface area contributed by atoms with Gasteiger partial charge in [0.1, 0.15) is 0 Å². The van der Waals surface area contributed by atoms with Crippen LogP contribution in [0.3, 0.4) is 0 Å². The van der Waals surface area contributed by atoms with Gasteiger partial charge in [-0.05, 0) is 78.0 Å². The van der Waals surface area contributed by atoms with Gasteiger partial charge in [-0.25, -0.2) is 0 Å². The van der Waals surface area contributed by atoms with Crippen molar-refractivity contribution in [2.45, 2.75) is 57.5 Å². The molecule has 4 heteroatoms. The van der Waals surface area contributed by atoms with Crippen molar-refractivity contribution >= 4 is 17.2 Å². The minimum Gasteiger partial charge on any atom is -0.330 e. The van der Waals surface area contributed by atoms with Crippen LogP contribution in [0.15, 0.2) is 77.9 Å². The summed E-state index contributed by atoms with van der Waals surface area (Å²) in [5, 5.41) is 0. The molecular formula is C32H33N3O. The van der Waals surface area contributed by atoms with Gasteiger partial charge in [0.2, 0.25) is 0 Å². The van der Waals surface area contributed by atoms with E-state index in [-0.39, 0.29) is 11.9 Å². The Kier molecular flexibility index (Phi) is 6.06. The number of carbonyl (C=O) groups excluding carboxylic acids is 1. The van der Waals surface area contributed by atoms with E-state index < -0.39 is 0 Å². The number of allylic oxidation sites excluding steroid dienone is 1. The van der Waals surface area contributed by atoms with Crippen LogP contribution in [0, 0.1) is 6.92 Å². The molecule has 2 heterocycles. The third-order valence-corrected chi connectivity index (χ3v) is 7.96. The van der Waals surface area contributed by atoms with Crippen LogP contribution < -0.4 is 5.73 Å². The third-order valence-electron chi connectivity index (χ3n) is 7.96. The second kappa shape index (κ2) is 9.51. The van der Waals surface area contributed by atoms with Crippen molar-refractivity contribution in [3.8, 4) is 0 Å². The first-order chi connectivity index (χ1) is 17.6. The minimum absolute atomic E-state index is 0.0641. The van der Waals surface area contributed by atoms with Crippen molar-refractivity contribution in [1.29, 1.82) is 0 Å². The zero-order valence-electron chi connectivity index (χ0n) is 20.9. The molecule has 3 aromatic carbocycles. The van der Waals surface area contributed by atoms with Gasteiger partial charge in [-0.2, -0.15) is 0 Å². The Morgan fingerprint density at radius 2 is 1.81 bits per heavy atom. The monoisotopic (exact) mass is 475 g/mol. The van der Waals surface area contributed by atoms with Crippen molar-refractivity contribution in [1.82, 2.24) is 4.90 Å². The second-order valence-electron chi connectivity index (χ2n) is 10.4. The summed E-state index contributed by atoms with van der Waals surface area (Å²) in [6.45, 7) is 3.36. The third kappa shape index (κ3) is 4.31. The molecule has 182 valence electrons. The van der Waals surface area contributed by atoms with Crippen molar-refractivity contribution in [3.05, 3.63) is 112 Å². The molecule has 0 aromatic heterocycles. The highest BCUT2D eigenvalue weighted by molar-refractivity contribution is 6.06. The van der Waals surface area contributed by atoms with E-state index in [0.29, 0.717) is 12.5 Å². The maximum absolute atomic E-state index is 14.0. The van der Waals surface area contributed by atoms with Gasteiger partial charge in [0.15, 0.2) is 0 Å². The number of hydrogen-bond donors (Lipinski definition) is 1. The number of carbonyl (C=O) groups is 1. The molecule has 0 saturated heterocycles. The van der Waals surface area contributed by atoms with Crippen molar-refractivity contribution in [2.24, 2.45) is 10.7 Å². The van der Waals surface area contributed by atoms with Crippen LogP contribution in [0.4, 0.5) is 0 Å². The quantitative estimate of drug-likeness (QED) is 0.468. The largest absolute Gasteiger partial charge is 0.330 e. The Balaban J connectivity index is 1.31. The van der Waals surface area contributed by atoms with Crippen LogP contribution in [0.1, 0.15) is 68.9 Å². The molecule has 4 nitrogen and oxygen atoms in total. The maximum atomic E-state index is 14.0. The van der Waals surface area contributed by atoms with E-state index in [0.717, 1.165) is 37.1 Å². The number of nitrogens with two attached hydrogens (primary N) is 1. The zero-order chi connectivity index (χ0) is 24.6. The Labute approximate surface area is 213 Å². The van der Waals surface area contributed by atoms with E-state index in [4.69, 9.17) is 10.7 Å². The van der Waals surface area contributed by atoms with E-state index in [1.54, 1.807) is 0 Å². The summed E-state index contributed by atoms with van der Waals surface area (Å²) >= 11 is 0. The Morgan fingerprint density at radius 3 is 2.53 bits per heavy atom.